The lowest BCUT2D eigenvalue weighted by Gasteiger charge is -2.25. The Balaban J connectivity index is 1.74. The summed E-state index contributed by atoms with van der Waals surface area (Å²) >= 11 is 0. The molecule has 2 atom stereocenters. The third kappa shape index (κ3) is 4.83. The normalized spacial score (nSPS) is 18.2. The molecule has 8 heteroatoms. The Labute approximate surface area is 171 Å². The molecular formula is C21H25N3O4S. The summed E-state index contributed by atoms with van der Waals surface area (Å²) in [4.78, 5) is 24.3. The molecule has 1 aliphatic heterocycles. The van der Waals surface area contributed by atoms with Crippen molar-refractivity contribution in [1.29, 1.82) is 0 Å². The van der Waals surface area contributed by atoms with Crippen molar-refractivity contribution in [3.8, 4) is 0 Å². The monoisotopic (exact) mass is 415 g/mol. The largest absolute Gasteiger partial charge is 0.348 e. The molecular weight excluding hydrogens is 390 g/mol. The highest BCUT2D eigenvalue weighted by atomic mass is 32.2. The predicted molar refractivity (Wildman–Crippen MR) is 111 cm³/mol. The topological polar surface area (TPSA) is 95.6 Å². The molecule has 0 bridgehead atoms. The van der Waals surface area contributed by atoms with Crippen LogP contribution in [0.5, 0.6) is 0 Å². The van der Waals surface area contributed by atoms with Gasteiger partial charge >= 0.3 is 0 Å². The minimum Gasteiger partial charge on any atom is -0.348 e. The number of hydrogen-bond acceptors (Lipinski definition) is 4. The minimum absolute atomic E-state index is 0.174. The molecule has 0 spiro atoms. The quantitative estimate of drug-likeness (QED) is 0.758. The van der Waals surface area contributed by atoms with Gasteiger partial charge in [-0.3, -0.25) is 9.59 Å². The molecule has 7 nitrogen and oxygen atoms in total. The number of sulfonamides is 1. The highest BCUT2D eigenvalue weighted by Gasteiger charge is 2.39. The van der Waals surface area contributed by atoms with Gasteiger partial charge in [0.1, 0.15) is 6.04 Å². The van der Waals surface area contributed by atoms with Gasteiger partial charge in [-0.1, -0.05) is 30.3 Å². The Morgan fingerprint density at radius 3 is 2.52 bits per heavy atom. The van der Waals surface area contributed by atoms with Crippen molar-refractivity contribution in [3.05, 3.63) is 60.2 Å². The first kappa shape index (κ1) is 21.0. The molecule has 0 aromatic heterocycles. The van der Waals surface area contributed by atoms with Crippen molar-refractivity contribution in [3.63, 3.8) is 0 Å². The zero-order valence-corrected chi connectivity index (χ0v) is 17.3. The number of anilines is 1. The van der Waals surface area contributed by atoms with E-state index in [0.29, 0.717) is 25.1 Å². The van der Waals surface area contributed by atoms with Gasteiger partial charge in [0.25, 0.3) is 0 Å². The van der Waals surface area contributed by atoms with E-state index in [0.717, 1.165) is 5.56 Å². The van der Waals surface area contributed by atoms with Gasteiger partial charge in [-0.15, -0.1) is 0 Å². The molecule has 0 radical (unpaired) electrons. The number of rotatable bonds is 6. The van der Waals surface area contributed by atoms with E-state index in [1.54, 1.807) is 48.5 Å². The van der Waals surface area contributed by atoms with Crippen LogP contribution in [0.2, 0.25) is 0 Å². The van der Waals surface area contributed by atoms with Crippen molar-refractivity contribution < 1.29 is 18.0 Å². The lowest BCUT2D eigenvalue weighted by Crippen LogP contribution is -2.46. The van der Waals surface area contributed by atoms with E-state index >= 15 is 0 Å². The fourth-order valence-electron chi connectivity index (χ4n) is 3.50. The van der Waals surface area contributed by atoms with Gasteiger partial charge < -0.3 is 10.6 Å². The average molecular weight is 416 g/mol. The molecule has 2 N–H and O–H groups in total. The van der Waals surface area contributed by atoms with Crippen molar-refractivity contribution in [2.24, 2.45) is 0 Å². The summed E-state index contributed by atoms with van der Waals surface area (Å²) in [6, 6.07) is 14.3. The van der Waals surface area contributed by atoms with Crippen molar-refractivity contribution in [2.75, 3.05) is 11.9 Å². The Morgan fingerprint density at radius 1 is 1.10 bits per heavy atom. The number of benzene rings is 2. The van der Waals surface area contributed by atoms with Crippen LogP contribution in [0.1, 0.15) is 38.3 Å². The summed E-state index contributed by atoms with van der Waals surface area (Å²) < 4.78 is 27.2. The van der Waals surface area contributed by atoms with E-state index in [4.69, 9.17) is 0 Å². The summed E-state index contributed by atoms with van der Waals surface area (Å²) in [7, 11) is -3.73. The molecule has 1 saturated heterocycles. The second-order valence-corrected chi connectivity index (χ2v) is 9.01. The molecule has 1 heterocycles. The van der Waals surface area contributed by atoms with Crippen molar-refractivity contribution in [1.82, 2.24) is 9.62 Å². The fourth-order valence-corrected chi connectivity index (χ4v) is 5.18. The van der Waals surface area contributed by atoms with E-state index in [2.05, 4.69) is 10.6 Å². The Hall–Kier alpha value is -2.71. The van der Waals surface area contributed by atoms with Crippen LogP contribution in [0.25, 0.3) is 0 Å². The predicted octanol–water partition coefficient (Wildman–Crippen LogP) is 2.68. The zero-order valence-electron chi connectivity index (χ0n) is 16.5. The van der Waals surface area contributed by atoms with Gasteiger partial charge in [0, 0.05) is 19.2 Å². The molecule has 2 aromatic rings. The highest BCUT2D eigenvalue weighted by molar-refractivity contribution is 7.89. The molecule has 0 saturated carbocycles. The van der Waals surface area contributed by atoms with Gasteiger partial charge in [-0.05, 0) is 49.6 Å². The molecule has 154 valence electrons. The third-order valence-corrected chi connectivity index (χ3v) is 6.84. The summed E-state index contributed by atoms with van der Waals surface area (Å²) in [5.41, 5.74) is 1.46. The van der Waals surface area contributed by atoms with E-state index in [-0.39, 0.29) is 22.8 Å². The molecule has 2 amide bonds. The standard InChI is InChI=1S/C21H25N3O4S/c1-15(17-8-6-9-18(14-17)23-16(2)25)22-21(26)20-12-7-13-24(20)29(27,28)19-10-4-3-5-11-19/h3-6,8-11,14-15,20H,7,12-13H2,1-2H3,(H,22,26)(H,23,25). The zero-order chi connectivity index (χ0) is 21.0. The lowest BCUT2D eigenvalue weighted by atomic mass is 10.1. The number of hydrogen-bond donors (Lipinski definition) is 2. The van der Waals surface area contributed by atoms with Crippen LogP contribution >= 0.6 is 0 Å². The molecule has 3 rings (SSSR count). The van der Waals surface area contributed by atoms with Gasteiger partial charge in [0.05, 0.1) is 10.9 Å². The first-order valence-corrected chi connectivity index (χ1v) is 11.0. The van der Waals surface area contributed by atoms with Crippen LogP contribution in [0.3, 0.4) is 0 Å². The molecule has 1 aliphatic rings. The number of carbonyl (C=O) groups excluding carboxylic acids is 2. The van der Waals surface area contributed by atoms with Gasteiger partial charge in [0.2, 0.25) is 21.8 Å². The smallest absolute Gasteiger partial charge is 0.243 e. The van der Waals surface area contributed by atoms with Crippen LogP contribution in [-0.4, -0.2) is 37.1 Å². The molecule has 1 fully saturated rings. The summed E-state index contributed by atoms with van der Waals surface area (Å²) in [5, 5.41) is 5.63. The minimum atomic E-state index is -3.73. The second kappa shape index (κ2) is 8.75. The molecule has 0 aliphatic carbocycles. The Kier molecular flexibility index (Phi) is 6.34. The van der Waals surface area contributed by atoms with Crippen LogP contribution in [0.4, 0.5) is 5.69 Å². The van der Waals surface area contributed by atoms with Crippen molar-refractivity contribution in [2.45, 2.75) is 43.7 Å². The average Bonchev–Trinajstić information content (AvgIpc) is 3.19. The van der Waals surface area contributed by atoms with Crippen LogP contribution in [-0.2, 0) is 19.6 Å². The van der Waals surface area contributed by atoms with Gasteiger partial charge in [0.15, 0.2) is 0 Å². The van der Waals surface area contributed by atoms with Crippen LogP contribution < -0.4 is 10.6 Å². The summed E-state index contributed by atoms with van der Waals surface area (Å²) in [5.74, 6) is -0.494. The maximum absolute atomic E-state index is 13.0. The molecule has 29 heavy (non-hydrogen) atoms. The first-order chi connectivity index (χ1) is 13.8. The fraction of sp³-hybridized carbons (Fsp3) is 0.333. The van der Waals surface area contributed by atoms with E-state index in [9.17, 15) is 18.0 Å². The number of carbonyl (C=O) groups is 2. The Morgan fingerprint density at radius 2 is 1.83 bits per heavy atom. The maximum atomic E-state index is 13.0. The Bertz CT molecular complexity index is 992. The van der Waals surface area contributed by atoms with Crippen molar-refractivity contribution >= 4 is 27.5 Å². The highest BCUT2D eigenvalue weighted by Crippen LogP contribution is 2.27. The number of nitrogens with zero attached hydrogens (tertiary/aromatic N) is 1. The summed E-state index contributed by atoms with van der Waals surface area (Å²) in [6.45, 7) is 3.58. The summed E-state index contributed by atoms with van der Waals surface area (Å²) in [6.07, 6.45) is 1.12. The van der Waals surface area contributed by atoms with Gasteiger partial charge in [-0.2, -0.15) is 4.31 Å². The second-order valence-electron chi connectivity index (χ2n) is 7.12. The first-order valence-electron chi connectivity index (χ1n) is 9.54. The SMILES string of the molecule is CC(=O)Nc1cccc(C(C)NC(=O)C2CCCN2S(=O)(=O)c2ccccc2)c1. The maximum Gasteiger partial charge on any atom is 0.243 e. The lowest BCUT2D eigenvalue weighted by molar-refractivity contribution is -0.124. The van der Waals surface area contributed by atoms with E-state index in [1.165, 1.54) is 11.2 Å². The van der Waals surface area contributed by atoms with Gasteiger partial charge in [-0.25, -0.2) is 8.42 Å². The van der Waals surface area contributed by atoms with Crippen LogP contribution in [0.15, 0.2) is 59.5 Å². The molecule has 2 unspecified atom stereocenters. The van der Waals surface area contributed by atoms with Crippen LogP contribution in [0, 0.1) is 0 Å². The van der Waals surface area contributed by atoms with E-state index in [1.807, 2.05) is 13.0 Å². The number of nitrogens with one attached hydrogen (secondary N) is 2. The van der Waals surface area contributed by atoms with E-state index < -0.39 is 16.1 Å². The molecule has 2 aromatic carbocycles. The third-order valence-electron chi connectivity index (χ3n) is 4.92. The number of amides is 2.